The van der Waals surface area contributed by atoms with Gasteiger partial charge in [-0.05, 0) is 36.2 Å². The molecule has 160 valence electrons. The SMILES string of the molecule is Cc1ccccc1NC(=O)C(=O)NC[C@@H](c1ccc(N(C)C)cc1)N1CCOCC1. The smallest absolute Gasteiger partial charge is 0.313 e. The fourth-order valence-electron chi connectivity index (χ4n) is 3.50. The molecule has 2 aromatic rings. The Bertz CT molecular complexity index is 861. The lowest BCUT2D eigenvalue weighted by atomic mass is 10.0. The van der Waals surface area contributed by atoms with E-state index in [2.05, 4.69) is 39.8 Å². The van der Waals surface area contributed by atoms with Crippen LogP contribution in [0.25, 0.3) is 0 Å². The maximum absolute atomic E-state index is 12.4. The number of aryl methyl sites for hydroxylation is 1. The molecule has 0 spiro atoms. The average molecular weight is 411 g/mol. The van der Waals surface area contributed by atoms with Crippen LogP contribution in [0, 0.1) is 6.92 Å². The lowest BCUT2D eigenvalue weighted by molar-refractivity contribution is -0.136. The fraction of sp³-hybridized carbons (Fsp3) is 0.391. The van der Waals surface area contributed by atoms with Crippen molar-refractivity contribution in [2.75, 3.05) is 57.2 Å². The van der Waals surface area contributed by atoms with Gasteiger partial charge in [-0.25, -0.2) is 0 Å². The molecule has 1 heterocycles. The van der Waals surface area contributed by atoms with Crippen LogP contribution in [0.3, 0.4) is 0 Å². The number of carbonyl (C=O) groups excluding carboxylic acids is 2. The van der Waals surface area contributed by atoms with E-state index in [1.54, 1.807) is 6.07 Å². The highest BCUT2D eigenvalue weighted by Gasteiger charge is 2.24. The first-order valence-electron chi connectivity index (χ1n) is 10.2. The van der Waals surface area contributed by atoms with Crippen LogP contribution < -0.4 is 15.5 Å². The van der Waals surface area contributed by atoms with E-state index in [0.29, 0.717) is 25.4 Å². The third-order valence-corrected chi connectivity index (χ3v) is 5.34. The number of carbonyl (C=O) groups is 2. The number of rotatable bonds is 6. The monoisotopic (exact) mass is 410 g/mol. The van der Waals surface area contributed by atoms with Gasteiger partial charge in [-0.1, -0.05) is 30.3 Å². The normalized spacial score (nSPS) is 15.3. The minimum absolute atomic E-state index is 0.0275. The lowest BCUT2D eigenvalue weighted by Crippen LogP contribution is -2.45. The number of nitrogens with one attached hydrogen (secondary N) is 2. The van der Waals surface area contributed by atoms with Crippen molar-refractivity contribution < 1.29 is 14.3 Å². The van der Waals surface area contributed by atoms with E-state index in [1.807, 2.05) is 44.1 Å². The molecule has 7 heteroatoms. The third kappa shape index (κ3) is 5.58. The number of morpholine rings is 1. The van der Waals surface area contributed by atoms with Gasteiger partial charge in [0, 0.05) is 45.1 Å². The molecular formula is C23H30N4O3. The summed E-state index contributed by atoms with van der Waals surface area (Å²) in [4.78, 5) is 29.1. The van der Waals surface area contributed by atoms with Crippen LogP contribution in [0.5, 0.6) is 0 Å². The van der Waals surface area contributed by atoms with Gasteiger partial charge in [0.25, 0.3) is 0 Å². The van der Waals surface area contributed by atoms with Crippen molar-refractivity contribution in [3.8, 4) is 0 Å². The fourth-order valence-corrected chi connectivity index (χ4v) is 3.50. The van der Waals surface area contributed by atoms with E-state index in [1.165, 1.54) is 0 Å². The summed E-state index contributed by atoms with van der Waals surface area (Å²) in [5, 5.41) is 5.49. The minimum Gasteiger partial charge on any atom is -0.379 e. The van der Waals surface area contributed by atoms with Crippen molar-refractivity contribution in [2.45, 2.75) is 13.0 Å². The van der Waals surface area contributed by atoms with E-state index >= 15 is 0 Å². The molecule has 30 heavy (non-hydrogen) atoms. The maximum atomic E-state index is 12.4. The summed E-state index contributed by atoms with van der Waals surface area (Å²) in [7, 11) is 4.00. The summed E-state index contributed by atoms with van der Waals surface area (Å²) >= 11 is 0. The van der Waals surface area contributed by atoms with Crippen molar-refractivity contribution in [3.05, 3.63) is 59.7 Å². The van der Waals surface area contributed by atoms with Gasteiger partial charge < -0.3 is 20.3 Å². The molecule has 0 aliphatic carbocycles. The zero-order valence-corrected chi connectivity index (χ0v) is 17.9. The molecule has 7 nitrogen and oxygen atoms in total. The molecule has 2 amide bonds. The standard InChI is InChI=1S/C23H30N4O3/c1-17-6-4-5-7-20(17)25-23(29)22(28)24-16-21(27-12-14-30-15-13-27)18-8-10-19(11-9-18)26(2)3/h4-11,21H,12-16H2,1-3H3,(H,24,28)(H,25,29)/t21-/m0/s1. The van der Waals surface area contributed by atoms with Gasteiger partial charge in [0.05, 0.1) is 19.3 Å². The molecule has 1 atom stereocenters. The number of benzene rings is 2. The lowest BCUT2D eigenvalue weighted by Gasteiger charge is -2.35. The molecular weight excluding hydrogens is 380 g/mol. The van der Waals surface area contributed by atoms with Crippen molar-refractivity contribution in [1.29, 1.82) is 0 Å². The number of ether oxygens (including phenoxy) is 1. The Morgan fingerprint density at radius 2 is 1.70 bits per heavy atom. The second kappa shape index (κ2) is 10.2. The molecule has 0 saturated carbocycles. The van der Waals surface area contributed by atoms with E-state index in [9.17, 15) is 9.59 Å². The minimum atomic E-state index is -0.659. The van der Waals surface area contributed by atoms with Crippen LogP contribution in [0.1, 0.15) is 17.2 Å². The third-order valence-electron chi connectivity index (χ3n) is 5.34. The van der Waals surface area contributed by atoms with E-state index in [-0.39, 0.29) is 6.04 Å². The first-order chi connectivity index (χ1) is 14.5. The highest BCUT2D eigenvalue weighted by atomic mass is 16.5. The van der Waals surface area contributed by atoms with Crippen molar-refractivity contribution in [3.63, 3.8) is 0 Å². The predicted octanol–water partition coefficient (Wildman–Crippen LogP) is 2.19. The summed E-state index contributed by atoms with van der Waals surface area (Å²) < 4.78 is 5.48. The Balaban J connectivity index is 1.67. The predicted molar refractivity (Wildman–Crippen MR) is 119 cm³/mol. The van der Waals surface area contributed by atoms with Crippen LogP contribution in [0.15, 0.2) is 48.5 Å². The number of anilines is 2. The molecule has 1 fully saturated rings. The molecule has 1 saturated heterocycles. The Morgan fingerprint density at radius 3 is 2.33 bits per heavy atom. The largest absolute Gasteiger partial charge is 0.379 e. The van der Waals surface area contributed by atoms with Crippen molar-refractivity contribution in [2.24, 2.45) is 0 Å². The molecule has 1 aliphatic rings. The summed E-state index contributed by atoms with van der Waals surface area (Å²) in [5.41, 5.74) is 3.76. The Morgan fingerprint density at radius 1 is 1.03 bits per heavy atom. The van der Waals surface area contributed by atoms with Gasteiger partial charge in [0.2, 0.25) is 0 Å². The topological polar surface area (TPSA) is 73.9 Å². The number of amides is 2. The number of nitrogens with zero attached hydrogens (tertiary/aromatic N) is 2. The maximum Gasteiger partial charge on any atom is 0.313 e. The summed E-state index contributed by atoms with van der Waals surface area (Å²) in [6.45, 7) is 5.12. The molecule has 3 rings (SSSR count). The van der Waals surface area contributed by atoms with Gasteiger partial charge >= 0.3 is 11.8 Å². The Kier molecular flexibility index (Phi) is 7.43. The second-order valence-electron chi connectivity index (χ2n) is 7.63. The van der Waals surface area contributed by atoms with Crippen LogP contribution in [-0.4, -0.2) is 63.7 Å². The summed E-state index contributed by atoms with van der Waals surface area (Å²) in [5.74, 6) is -1.30. The van der Waals surface area contributed by atoms with E-state index < -0.39 is 11.8 Å². The highest BCUT2D eigenvalue weighted by molar-refractivity contribution is 6.39. The summed E-state index contributed by atoms with van der Waals surface area (Å²) in [6.07, 6.45) is 0. The number of hydrogen-bond acceptors (Lipinski definition) is 5. The van der Waals surface area contributed by atoms with Crippen LogP contribution in [0.4, 0.5) is 11.4 Å². The van der Waals surface area contributed by atoms with Crippen LogP contribution in [-0.2, 0) is 14.3 Å². The number of para-hydroxylation sites is 1. The van der Waals surface area contributed by atoms with Gasteiger partial charge in [-0.3, -0.25) is 14.5 Å². The Labute approximate surface area is 178 Å². The van der Waals surface area contributed by atoms with Gasteiger partial charge in [0.1, 0.15) is 0 Å². The summed E-state index contributed by atoms with van der Waals surface area (Å²) in [6, 6.07) is 15.6. The first-order valence-corrected chi connectivity index (χ1v) is 10.2. The van der Waals surface area contributed by atoms with Gasteiger partial charge in [0.15, 0.2) is 0 Å². The van der Waals surface area contributed by atoms with E-state index in [4.69, 9.17) is 4.74 Å². The van der Waals surface area contributed by atoms with Crippen LogP contribution in [0.2, 0.25) is 0 Å². The Hall–Kier alpha value is -2.90. The quantitative estimate of drug-likeness (QED) is 0.714. The molecule has 0 aromatic heterocycles. The average Bonchev–Trinajstić information content (AvgIpc) is 2.76. The van der Waals surface area contributed by atoms with Crippen LogP contribution >= 0.6 is 0 Å². The zero-order valence-electron chi connectivity index (χ0n) is 17.9. The molecule has 0 unspecified atom stereocenters. The molecule has 2 N–H and O–H groups in total. The first kappa shape index (κ1) is 21.8. The van der Waals surface area contributed by atoms with Crippen molar-refractivity contribution in [1.82, 2.24) is 10.2 Å². The van der Waals surface area contributed by atoms with Gasteiger partial charge in [-0.15, -0.1) is 0 Å². The molecule has 2 aromatic carbocycles. The highest BCUT2D eigenvalue weighted by Crippen LogP contribution is 2.24. The zero-order chi connectivity index (χ0) is 21.5. The molecule has 0 bridgehead atoms. The molecule has 1 aliphatic heterocycles. The second-order valence-corrected chi connectivity index (χ2v) is 7.63. The van der Waals surface area contributed by atoms with Crippen molar-refractivity contribution >= 4 is 23.2 Å². The van der Waals surface area contributed by atoms with E-state index in [0.717, 1.165) is 29.9 Å². The van der Waals surface area contributed by atoms with Gasteiger partial charge in [-0.2, -0.15) is 0 Å². The number of hydrogen-bond donors (Lipinski definition) is 2. The molecule has 0 radical (unpaired) electrons.